The standard InChI is InChI=1S/C6H3Cl3O2S/c7-3-1-4(8)6(12(10)11)5(9)2-3/h1-2,12H. The van der Waals surface area contributed by atoms with Crippen molar-refractivity contribution in [1.29, 1.82) is 0 Å². The summed E-state index contributed by atoms with van der Waals surface area (Å²) in [5.41, 5.74) is 0. The Kier molecular flexibility index (Phi) is 3.23. The van der Waals surface area contributed by atoms with E-state index in [4.69, 9.17) is 34.8 Å². The Labute approximate surface area is 86.0 Å². The lowest BCUT2D eigenvalue weighted by molar-refractivity contribution is 0.614. The number of thiol groups is 1. The molecule has 12 heavy (non-hydrogen) atoms. The third kappa shape index (κ3) is 2.04. The molecule has 0 heterocycles. The fraction of sp³-hybridized carbons (Fsp3) is 0. The number of halogens is 3. The lowest BCUT2D eigenvalue weighted by Crippen LogP contribution is -1.84. The quantitative estimate of drug-likeness (QED) is 0.772. The summed E-state index contributed by atoms with van der Waals surface area (Å²) in [6, 6.07) is 2.66. The van der Waals surface area contributed by atoms with Crippen LogP contribution in [-0.2, 0) is 10.7 Å². The second-order valence-electron chi connectivity index (χ2n) is 1.98. The van der Waals surface area contributed by atoms with Crippen molar-refractivity contribution in [3.8, 4) is 0 Å². The lowest BCUT2D eigenvalue weighted by Gasteiger charge is -1.99. The zero-order chi connectivity index (χ0) is 9.30. The van der Waals surface area contributed by atoms with Crippen LogP contribution >= 0.6 is 34.8 Å². The van der Waals surface area contributed by atoms with Gasteiger partial charge in [-0.3, -0.25) is 0 Å². The largest absolute Gasteiger partial charge is 0.227 e. The Morgan fingerprint density at radius 1 is 1.00 bits per heavy atom. The first-order valence-corrected chi connectivity index (χ1v) is 5.12. The summed E-state index contributed by atoms with van der Waals surface area (Å²) >= 11 is 16.7. The fourth-order valence-corrected chi connectivity index (χ4v) is 2.42. The van der Waals surface area contributed by atoms with Crippen LogP contribution in [0.1, 0.15) is 0 Å². The molecular weight excluding hydrogens is 242 g/mol. The van der Waals surface area contributed by atoms with Gasteiger partial charge in [-0.2, -0.15) is 0 Å². The maximum atomic E-state index is 10.6. The molecule has 66 valence electrons. The van der Waals surface area contributed by atoms with Gasteiger partial charge in [0.15, 0.2) is 10.7 Å². The first-order chi connectivity index (χ1) is 5.52. The summed E-state index contributed by atoms with van der Waals surface area (Å²) in [6.07, 6.45) is 0. The van der Waals surface area contributed by atoms with E-state index >= 15 is 0 Å². The SMILES string of the molecule is O=[SH](=O)c1c(Cl)cc(Cl)cc1Cl. The van der Waals surface area contributed by atoms with Crippen molar-refractivity contribution in [2.75, 3.05) is 0 Å². The summed E-state index contributed by atoms with van der Waals surface area (Å²) in [4.78, 5) is -0.0854. The minimum absolute atomic E-state index is 0.0450. The first kappa shape index (κ1) is 10.1. The smallest absolute Gasteiger partial charge is 0.171 e. The molecule has 0 radical (unpaired) electrons. The molecule has 0 amide bonds. The average molecular weight is 246 g/mol. The summed E-state index contributed by atoms with van der Waals surface area (Å²) in [5.74, 6) is 0. The van der Waals surface area contributed by atoms with Gasteiger partial charge in [-0.15, -0.1) is 0 Å². The maximum absolute atomic E-state index is 10.6. The molecule has 1 aromatic carbocycles. The lowest BCUT2D eigenvalue weighted by atomic mass is 10.4. The van der Waals surface area contributed by atoms with Crippen LogP contribution in [0.4, 0.5) is 0 Å². The highest BCUT2D eigenvalue weighted by Gasteiger charge is 2.09. The van der Waals surface area contributed by atoms with E-state index in [0.717, 1.165) is 0 Å². The van der Waals surface area contributed by atoms with Crippen LogP contribution in [0.25, 0.3) is 0 Å². The normalized spacial score (nSPS) is 10.7. The topological polar surface area (TPSA) is 34.1 Å². The van der Waals surface area contributed by atoms with Crippen LogP contribution in [0.2, 0.25) is 15.1 Å². The Morgan fingerprint density at radius 2 is 1.42 bits per heavy atom. The zero-order valence-corrected chi connectivity index (χ0v) is 8.71. The van der Waals surface area contributed by atoms with E-state index < -0.39 is 10.7 Å². The van der Waals surface area contributed by atoms with Gasteiger partial charge >= 0.3 is 0 Å². The van der Waals surface area contributed by atoms with Crippen LogP contribution in [-0.4, -0.2) is 8.42 Å². The van der Waals surface area contributed by atoms with E-state index in [2.05, 4.69) is 0 Å². The molecule has 0 fully saturated rings. The highest BCUT2D eigenvalue weighted by Crippen LogP contribution is 2.29. The van der Waals surface area contributed by atoms with Gasteiger partial charge in [0.25, 0.3) is 0 Å². The van der Waals surface area contributed by atoms with Gasteiger partial charge in [-0.25, -0.2) is 8.42 Å². The van der Waals surface area contributed by atoms with Gasteiger partial charge in [-0.05, 0) is 12.1 Å². The summed E-state index contributed by atoms with van der Waals surface area (Å²) in [6.45, 7) is 0. The maximum Gasteiger partial charge on any atom is 0.171 e. The third-order valence-corrected chi connectivity index (χ3v) is 3.09. The van der Waals surface area contributed by atoms with Crippen molar-refractivity contribution < 1.29 is 8.42 Å². The molecule has 1 aromatic rings. The Balaban J connectivity index is 3.48. The second-order valence-corrected chi connectivity index (χ2v) is 4.19. The third-order valence-electron chi connectivity index (χ3n) is 1.16. The van der Waals surface area contributed by atoms with E-state index in [0.29, 0.717) is 5.02 Å². The molecule has 0 aliphatic rings. The van der Waals surface area contributed by atoms with Crippen LogP contribution in [0, 0.1) is 0 Å². The molecule has 0 N–H and O–H groups in total. The molecule has 0 atom stereocenters. The molecule has 0 aliphatic heterocycles. The van der Waals surface area contributed by atoms with Gasteiger partial charge < -0.3 is 0 Å². The highest BCUT2D eigenvalue weighted by molar-refractivity contribution is 7.72. The molecule has 6 heteroatoms. The molecule has 2 nitrogen and oxygen atoms in total. The molecule has 0 unspecified atom stereocenters. The minimum Gasteiger partial charge on any atom is -0.227 e. The number of benzene rings is 1. The highest BCUT2D eigenvalue weighted by atomic mass is 35.5. The molecule has 0 aliphatic carbocycles. The second kappa shape index (κ2) is 3.83. The van der Waals surface area contributed by atoms with Gasteiger partial charge in [0.05, 0.1) is 10.0 Å². The molecule has 0 saturated heterocycles. The van der Waals surface area contributed by atoms with Crippen LogP contribution in [0.15, 0.2) is 17.0 Å². The van der Waals surface area contributed by atoms with E-state index in [1.54, 1.807) is 0 Å². The van der Waals surface area contributed by atoms with Gasteiger partial charge in [0.2, 0.25) is 0 Å². The van der Waals surface area contributed by atoms with E-state index in [9.17, 15) is 8.42 Å². The van der Waals surface area contributed by atoms with Crippen molar-refractivity contribution in [2.45, 2.75) is 4.90 Å². The molecule has 0 aromatic heterocycles. The van der Waals surface area contributed by atoms with Crippen molar-refractivity contribution >= 4 is 45.5 Å². The van der Waals surface area contributed by atoms with Gasteiger partial charge in [0, 0.05) is 5.02 Å². The summed E-state index contributed by atoms with van der Waals surface area (Å²) < 4.78 is 21.2. The molecule has 0 spiro atoms. The first-order valence-electron chi connectivity index (χ1n) is 2.81. The molecular formula is C6H3Cl3O2S. The molecule has 0 bridgehead atoms. The minimum atomic E-state index is -2.77. The Morgan fingerprint density at radius 3 is 1.75 bits per heavy atom. The zero-order valence-electron chi connectivity index (χ0n) is 5.55. The average Bonchev–Trinajstić information content (AvgIpc) is 1.82. The summed E-state index contributed by atoms with van der Waals surface area (Å²) in [7, 11) is -2.77. The van der Waals surface area contributed by atoms with Crippen molar-refractivity contribution in [3.05, 3.63) is 27.2 Å². The van der Waals surface area contributed by atoms with Crippen molar-refractivity contribution in [3.63, 3.8) is 0 Å². The van der Waals surface area contributed by atoms with Gasteiger partial charge in [-0.1, -0.05) is 34.8 Å². The predicted molar refractivity (Wildman–Crippen MR) is 50.1 cm³/mol. The molecule has 1 rings (SSSR count). The molecule has 0 saturated carbocycles. The van der Waals surface area contributed by atoms with E-state index in [1.807, 2.05) is 0 Å². The summed E-state index contributed by atoms with van der Waals surface area (Å²) in [5, 5.41) is 0.401. The van der Waals surface area contributed by atoms with Crippen LogP contribution in [0.5, 0.6) is 0 Å². The number of rotatable bonds is 1. The number of hydrogen-bond donors (Lipinski definition) is 1. The van der Waals surface area contributed by atoms with E-state index in [-0.39, 0.29) is 14.9 Å². The number of hydrogen-bond acceptors (Lipinski definition) is 2. The Hall–Kier alpha value is 0.0400. The van der Waals surface area contributed by atoms with Crippen LogP contribution < -0.4 is 0 Å². The Bertz CT molecular complexity index is 355. The van der Waals surface area contributed by atoms with Crippen LogP contribution in [0.3, 0.4) is 0 Å². The fourth-order valence-electron chi connectivity index (χ4n) is 0.709. The van der Waals surface area contributed by atoms with Gasteiger partial charge in [0.1, 0.15) is 4.90 Å². The monoisotopic (exact) mass is 244 g/mol. The van der Waals surface area contributed by atoms with E-state index in [1.165, 1.54) is 12.1 Å². The van der Waals surface area contributed by atoms with Crippen molar-refractivity contribution in [2.24, 2.45) is 0 Å². The van der Waals surface area contributed by atoms with Crippen molar-refractivity contribution in [1.82, 2.24) is 0 Å². The predicted octanol–water partition coefficient (Wildman–Crippen LogP) is 2.62.